The molecule has 5 nitrogen and oxygen atoms in total. The van der Waals surface area contributed by atoms with E-state index in [0.29, 0.717) is 5.75 Å². The van der Waals surface area contributed by atoms with Gasteiger partial charge in [0, 0.05) is 29.5 Å². The number of hydrogen-bond acceptors (Lipinski definition) is 5. The Morgan fingerprint density at radius 1 is 1.00 bits per heavy atom. The monoisotopic (exact) mass is 433 g/mol. The fourth-order valence-corrected chi connectivity index (χ4v) is 3.76. The van der Waals surface area contributed by atoms with Crippen LogP contribution in [0.4, 0.5) is 11.4 Å². The van der Waals surface area contributed by atoms with Gasteiger partial charge in [0.1, 0.15) is 0 Å². The van der Waals surface area contributed by atoms with Gasteiger partial charge in [0.2, 0.25) is 0 Å². The van der Waals surface area contributed by atoms with Crippen molar-refractivity contribution in [2.75, 3.05) is 26.5 Å². The number of nitrogens with one attached hydrogen (secondary N) is 1. The van der Waals surface area contributed by atoms with Gasteiger partial charge in [-0.25, -0.2) is 0 Å². The molecule has 0 fully saturated rings. The van der Waals surface area contributed by atoms with Gasteiger partial charge in [-0.1, -0.05) is 29.8 Å². The van der Waals surface area contributed by atoms with Crippen molar-refractivity contribution in [3.8, 4) is 22.6 Å². The highest BCUT2D eigenvalue weighted by molar-refractivity contribution is 6.32. The first-order valence-electron chi connectivity index (χ1n) is 9.91. The Kier molecular flexibility index (Phi) is 5.98. The summed E-state index contributed by atoms with van der Waals surface area (Å²) in [6, 6.07) is 19.9. The number of phenolic OH excluding ortho intramolecular Hbond substituents is 1. The topological polar surface area (TPSA) is 57.6 Å². The number of halogens is 1. The molecule has 0 spiro atoms. The summed E-state index contributed by atoms with van der Waals surface area (Å²) in [6.45, 7) is 0.903. The minimum Gasteiger partial charge on any atom is -0.503 e. The SMILES string of the molecule is COc1cc(-c2ccc3nccc(Nc4ccc(CN(C)C)cc4)c3c2)cc(Cl)c1O. The maximum atomic E-state index is 10.0. The van der Waals surface area contributed by atoms with Gasteiger partial charge in [0.25, 0.3) is 0 Å². The third-order valence-electron chi connectivity index (χ3n) is 5.05. The molecule has 3 aromatic carbocycles. The van der Waals surface area contributed by atoms with Crippen LogP contribution in [0.25, 0.3) is 22.0 Å². The smallest absolute Gasteiger partial charge is 0.176 e. The summed E-state index contributed by atoms with van der Waals surface area (Å²) in [5.41, 5.74) is 5.92. The summed E-state index contributed by atoms with van der Waals surface area (Å²) >= 11 is 6.19. The summed E-state index contributed by atoms with van der Waals surface area (Å²) in [4.78, 5) is 6.64. The lowest BCUT2D eigenvalue weighted by Gasteiger charge is -2.13. The number of rotatable bonds is 6. The Morgan fingerprint density at radius 2 is 1.77 bits per heavy atom. The zero-order valence-corrected chi connectivity index (χ0v) is 18.4. The molecule has 4 aromatic rings. The molecule has 0 amide bonds. The average molecular weight is 434 g/mol. The third-order valence-corrected chi connectivity index (χ3v) is 5.34. The van der Waals surface area contributed by atoms with Gasteiger partial charge in [-0.15, -0.1) is 0 Å². The van der Waals surface area contributed by atoms with Gasteiger partial charge in [-0.2, -0.15) is 0 Å². The molecular formula is C25H24ClN3O2. The maximum absolute atomic E-state index is 10.0. The molecule has 0 saturated heterocycles. The number of aromatic nitrogens is 1. The fourth-order valence-electron chi connectivity index (χ4n) is 3.55. The lowest BCUT2D eigenvalue weighted by atomic mass is 10.0. The first-order chi connectivity index (χ1) is 14.9. The molecule has 0 aliphatic carbocycles. The minimum atomic E-state index is -0.0598. The fraction of sp³-hybridized carbons (Fsp3) is 0.160. The number of pyridine rings is 1. The van der Waals surface area contributed by atoms with Crippen LogP contribution in [0.1, 0.15) is 5.56 Å². The number of methoxy groups -OCH3 is 1. The van der Waals surface area contributed by atoms with E-state index >= 15 is 0 Å². The summed E-state index contributed by atoms with van der Waals surface area (Å²) < 4.78 is 5.25. The molecule has 31 heavy (non-hydrogen) atoms. The average Bonchev–Trinajstić information content (AvgIpc) is 2.76. The quantitative estimate of drug-likeness (QED) is 0.386. The summed E-state index contributed by atoms with van der Waals surface area (Å²) in [5, 5.41) is 14.8. The molecule has 4 rings (SSSR count). The van der Waals surface area contributed by atoms with Gasteiger partial charge in [-0.05, 0) is 73.3 Å². The highest BCUT2D eigenvalue weighted by Gasteiger charge is 2.12. The van der Waals surface area contributed by atoms with Crippen LogP contribution in [0.3, 0.4) is 0 Å². The Labute approximate surface area is 186 Å². The van der Waals surface area contributed by atoms with E-state index in [1.54, 1.807) is 18.3 Å². The van der Waals surface area contributed by atoms with E-state index in [0.717, 1.165) is 39.9 Å². The molecule has 158 valence electrons. The van der Waals surface area contributed by atoms with E-state index in [2.05, 4.69) is 59.6 Å². The molecular weight excluding hydrogens is 410 g/mol. The first-order valence-corrected chi connectivity index (χ1v) is 10.3. The molecule has 0 atom stereocenters. The van der Waals surface area contributed by atoms with Crippen molar-refractivity contribution in [3.05, 3.63) is 77.4 Å². The van der Waals surface area contributed by atoms with E-state index in [4.69, 9.17) is 16.3 Å². The van der Waals surface area contributed by atoms with Gasteiger partial charge in [0.15, 0.2) is 11.5 Å². The lowest BCUT2D eigenvalue weighted by Crippen LogP contribution is -2.10. The van der Waals surface area contributed by atoms with Gasteiger partial charge >= 0.3 is 0 Å². The van der Waals surface area contributed by atoms with Gasteiger partial charge < -0.3 is 20.1 Å². The van der Waals surface area contributed by atoms with Crippen molar-refractivity contribution < 1.29 is 9.84 Å². The summed E-state index contributed by atoms with van der Waals surface area (Å²) in [6.07, 6.45) is 1.80. The highest BCUT2D eigenvalue weighted by Crippen LogP contribution is 2.39. The number of fused-ring (bicyclic) bond motifs is 1. The van der Waals surface area contributed by atoms with Gasteiger partial charge in [-0.3, -0.25) is 4.98 Å². The van der Waals surface area contributed by atoms with Crippen molar-refractivity contribution in [1.29, 1.82) is 0 Å². The molecule has 1 aromatic heterocycles. The predicted octanol–water partition coefficient (Wildman–Crippen LogP) is 6.07. The first kappa shape index (κ1) is 21.0. The van der Waals surface area contributed by atoms with Crippen molar-refractivity contribution in [2.24, 2.45) is 0 Å². The molecule has 2 N–H and O–H groups in total. The molecule has 0 aliphatic heterocycles. The second-order valence-corrected chi connectivity index (χ2v) is 8.07. The highest BCUT2D eigenvalue weighted by atomic mass is 35.5. The van der Waals surface area contributed by atoms with E-state index in [1.165, 1.54) is 12.7 Å². The number of phenols is 1. The maximum Gasteiger partial charge on any atom is 0.176 e. The van der Waals surface area contributed by atoms with Crippen molar-refractivity contribution in [3.63, 3.8) is 0 Å². The number of ether oxygens (including phenoxy) is 1. The lowest BCUT2D eigenvalue weighted by molar-refractivity contribution is 0.374. The Morgan fingerprint density at radius 3 is 2.48 bits per heavy atom. The molecule has 0 aliphatic rings. The predicted molar refractivity (Wildman–Crippen MR) is 128 cm³/mol. The van der Waals surface area contributed by atoms with Crippen molar-refractivity contribution in [2.45, 2.75) is 6.54 Å². The number of anilines is 2. The second kappa shape index (κ2) is 8.84. The molecule has 0 unspecified atom stereocenters. The van der Waals surface area contributed by atoms with E-state index < -0.39 is 0 Å². The van der Waals surface area contributed by atoms with Crippen LogP contribution in [0, 0.1) is 0 Å². The zero-order chi connectivity index (χ0) is 22.0. The molecule has 0 saturated carbocycles. The normalized spacial score (nSPS) is 11.1. The zero-order valence-electron chi connectivity index (χ0n) is 17.7. The van der Waals surface area contributed by atoms with Crippen molar-refractivity contribution in [1.82, 2.24) is 9.88 Å². The van der Waals surface area contributed by atoms with Crippen LogP contribution in [0.5, 0.6) is 11.5 Å². The van der Waals surface area contributed by atoms with E-state index in [9.17, 15) is 5.11 Å². The largest absolute Gasteiger partial charge is 0.503 e. The Hall–Kier alpha value is -3.28. The molecule has 0 bridgehead atoms. The number of benzene rings is 3. The summed E-state index contributed by atoms with van der Waals surface area (Å²) in [5.74, 6) is 0.278. The number of nitrogens with zero attached hydrogens (tertiary/aromatic N) is 2. The molecule has 0 radical (unpaired) electrons. The second-order valence-electron chi connectivity index (χ2n) is 7.66. The van der Waals surface area contributed by atoms with Crippen LogP contribution in [-0.4, -0.2) is 36.2 Å². The Balaban J connectivity index is 1.70. The van der Waals surface area contributed by atoms with E-state index in [1.807, 2.05) is 18.2 Å². The van der Waals surface area contributed by atoms with Crippen LogP contribution < -0.4 is 10.1 Å². The number of hydrogen-bond donors (Lipinski definition) is 2. The van der Waals surface area contributed by atoms with Crippen LogP contribution in [0.2, 0.25) is 5.02 Å². The van der Waals surface area contributed by atoms with Crippen LogP contribution in [0.15, 0.2) is 66.9 Å². The van der Waals surface area contributed by atoms with E-state index in [-0.39, 0.29) is 10.8 Å². The molecule has 1 heterocycles. The third kappa shape index (κ3) is 4.58. The minimum absolute atomic E-state index is 0.0598. The van der Waals surface area contributed by atoms with Crippen LogP contribution in [-0.2, 0) is 6.54 Å². The standard InChI is InChI=1S/C25H24ClN3O2/c1-29(2)15-16-4-7-19(8-5-16)28-23-10-11-27-22-9-6-17(12-20(22)23)18-13-21(26)25(30)24(14-18)31-3/h4-14,30H,15H2,1-3H3,(H,27,28). The van der Waals surface area contributed by atoms with Crippen LogP contribution >= 0.6 is 11.6 Å². The van der Waals surface area contributed by atoms with Crippen molar-refractivity contribution >= 4 is 33.9 Å². The van der Waals surface area contributed by atoms with Gasteiger partial charge in [0.05, 0.1) is 17.6 Å². The summed E-state index contributed by atoms with van der Waals surface area (Å²) in [7, 11) is 5.62. The number of aromatic hydroxyl groups is 1. The Bertz CT molecular complexity index is 1220. The molecule has 6 heteroatoms.